The molecule has 0 fully saturated rings. The lowest BCUT2D eigenvalue weighted by Crippen LogP contribution is -2.12. The fourth-order valence-electron chi connectivity index (χ4n) is 3.70. The first-order valence-electron chi connectivity index (χ1n) is 10.6. The molecule has 4 aromatic rings. The number of hydrogen-bond acceptors (Lipinski definition) is 5. The number of sulfone groups is 1. The van der Waals surface area contributed by atoms with Gasteiger partial charge in [-0.2, -0.15) is 0 Å². The fraction of sp³-hybridized carbons (Fsp3) is 0.192. The molecule has 0 saturated heterocycles. The number of benzene rings is 3. The molecule has 0 spiro atoms. The highest BCUT2D eigenvalue weighted by atomic mass is 35.5. The number of aliphatic hydroxyl groups excluding tert-OH is 1. The molecule has 170 valence electrons. The molecule has 0 aliphatic rings. The number of aryl methyl sites for hydroxylation is 1. The van der Waals surface area contributed by atoms with Crippen molar-refractivity contribution in [1.29, 1.82) is 0 Å². The minimum Gasteiger partial charge on any atom is -0.457 e. The zero-order chi connectivity index (χ0) is 23.6. The van der Waals surface area contributed by atoms with Gasteiger partial charge in [0.15, 0.2) is 9.84 Å². The van der Waals surface area contributed by atoms with Crippen LogP contribution in [0.5, 0.6) is 11.5 Å². The SMILES string of the molecule is Cc1cnc2c(Cl)cccc2c1-c1cccc(Oc2cccc(S(=O)(=O)CCC(C)O)c2)c1. The average Bonchev–Trinajstić information content (AvgIpc) is 2.78. The molecular formula is C26H24ClNO4S. The molecule has 1 heterocycles. The highest BCUT2D eigenvalue weighted by Crippen LogP contribution is 2.36. The number of nitrogens with zero attached hydrogens (tertiary/aromatic N) is 1. The Bertz CT molecular complexity index is 1420. The Morgan fingerprint density at radius 2 is 1.73 bits per heavy atom. The number of fused-ring (bicyclic) bond motifs is 1. The second-order valence-electron chi connectivity index (χ2n) is 8.01. The van der Waals surface area contributed by atoms with Crippen molar-refractivity contribution in [3.63, 3.8) is 0 Å². The van der Waals surface area contributed by atoms with E-state index < -0.39 is 15.9 Å². The molecule has 1 aromatic heterocycles. The van der Waals surface area contributed by atoms with Crippen LogP contribution in [0.3, 0.4) is 0 Å². The Kier molecular flexibility index (Phi) is 6.70. The molecule has 0 aliphatic heterocycles. The van der Waals surface area contributed by atoms with Gasteiger partial charge in [-0.3, -0.25) is 4.98 Å². The second-order valence-corrected chi connectivity index (χ2v) is 10.5. The van der Waals surface area contributed by atoms with Gasteiger partial charge in [0, 0.05) is 11.6 Å². The van der Waals surface area contributed by atoms with Crippen LogP contribution in [0.15, 0.2) is 77.8 Å². The molecule has 0 amide bonds. The number of halogens is 1. The summed E-state index contributed by atoms with van der Waals surface area (Å²) in [6, 6.07) is 19.7. The molecule has 7 heteroatoms. The third kappa shape index (κ3) is 5.19. The molecule has 1 atom stereocenters. The van der Waals surface area contributed by atoms with Crippen LogP contribution in [0.4, 0.5) is 0 Å². The van der Waals surface area contributed by atoms with Crippen LogP contribution < -0.4 is 4.74 Å². The van der Waals surface area contributed by atoms with E-state index >= 15 is 0 Å². The van der Waals surface area contributed by atoms with Crippen molar-refractivity contribution in [3.8, 4) is 22.6 Å². The van der Waals surface area contributed by atoms with Crippen LogP contribution in [0.25, 0.3) is 22.0 Å². The molecule has 4 rings (SSSR count). The molecule has 0 radical (unpaired) electrons. The highest BCUT2D eigenvalue weighted by molar-refractivity contribution is 7.91. The average molecular weight is 482 g/mol. The summed E-state index contributed by atoms with van der Waals surface area (Å²) >= 11 is 6.35. The Labute approximate surface area is 198 Å². The monoisotopic (exact) mass is 481 g/mol. The van der Waals surface area contributed by atoms with Crippen molar-refractivity contribution < 1.29 is 18.3 Å². The van der Waals surface area contributed by atoms with Crippen molar-refractivity contribution in [1.82, 2.24) is 4.98 Å². The number of aliphatic hydroxyl groups is 1. The van der Waals surface area contributed by atoms with Crippen LogP contribution in [-0.4, -0.2) is 30.4 Å². The Morgan fingerprint density at radius 3 is 2.48 bits per heavy atom. The molecule has 0 bridgehead atoms. The number of para-hydroxylation sites is 1. The predicted octanol–water partition coefficient (Wildman–Crippen LogP) is 6.20. The van der Waals surface area contributed by atoms with E-state index in [2.05, 4.69) is 4.98 Å². The van der Waals surface area contributed by atoms with Crippen LogP contribution in [-0.2, 0) is 9.84 Å². The van der Waals surface area contributed by atoms with Crippen molar-refractivity contribution in [2.75, 3.05) is 5.75 Å². The summed E-state index contributed by atoms with van der Waals surface area (Å²) in [4.78, 5) is 4.65. The van der Waals surface area contributed by atoms with Gasteiger partial charge in [-0.25, -0.2) is 8.42 Å². The summed E-state index contributed by atoms with van der Waals surface area (Å²) < 4.78 is 31.2. The fourth-order valence-corrected chi connectivity index (χ4v) is 5.39. The van der Waals surface area contributed by atoms with Gasteiger partial charge in [0.1, 0.15) is 11.5 Å². The van der Waals surface area contributed by atoms with E-state index in [9.17, 15) is 13.5 Å². The van der Waals surface area contributed by atoms with Crippen LogP contribution >= 0.6 is 11.6 Å². The molecule has 0 aliphatic carbocycles. The number of pyridine rings is 1. The lowest BCUT2D eigenvalue weighted by atomic mass is 9.97. The van der Waals surface area contributed by atoms with Gasteiger partial charge in [0.2, 0.25) is 0 Å². The summed E-state index contributed by atoms with van der Waals surface area (Å²) in [6.07, 6.45) is 1.31. The summed E-state index contributed by atoms with van der Waals surface area (Å²) in [5.74, 6) is 0.877. The smallest absolute Gasteiger partial charge is 0.178 e. The van der Waals surface area contributed by atoms with E-state index in [1.807, 2.05) is 49.4 Å². The number of aromatic nitrogens is 1. The van der Waals surface area contributed by atoms with Crippen LogP contribution in [0.1, 0.15) is 18.9 Å². The van der Waals surface area contributed by atoms with Gasteiger partial charge in [-0.15, -0.1) is 0 Å². The maximum atomic E-state index is 12.6. The quantitative estimate of drug-likeness (QED) is 0.340. The summed E-state index contributed by atoms with van der Waals surface area (Å²) in [5.41, 5.74) is 3.71. The van der Waals surface area contributed by atoms with Gasteiger partial charge >= 0.3 is 0 Å². The Morgan fingerprint density at radius 1 is 1.03 bits per heavy atom. The van der Waals surface area contributed by atoms with Crippen molar-refractivity contribution in [2.24, 2.45) is 0 Å². The first-order chi connectivity index (χ1) is 15.7. The van der Waals surface area contributed by atoms with Gasteiger partial charge in [0.25, 0.3) is 0 Å². The Balaban J connectivity index is 1.67. The maximum Gasteiger partial charge on any atom is 0.178 e. The first kappa shape index (κ1) is 23.2. The number of ether oxygens (including phenoxy) is 1. The van der Waals surface area contributed by atoms with Crippen LogP contribution in [0, 0.1) is 6.92 Å². The summed E-state index contributed by atoms with van der Waals surface area (Å²) in [7, 11) is -3.51. The predicted molar refractivity (Wildman–Crippen MR) is 132 cm³/mol. The van der Waals surface area contributed by atoms with Gasteiger partial charge in [-0.05, 0) is 73.4 Å². The van der Waals surface area contributed by atoms with Crippen LogP contribution in [0.2, 0.25) is 5.02 Å². The molecule has 1 N–H and O–H groups in total. The highest BCUT2D eigenvalue weighted by Gasteiger charge is 2.17. The van der Waals surface area contributed by atoms with E-state index in [0.29, 0.717) is 16.5 Å². The minimum absolute atomic E-state index is 0.124. The summed E-state index contributed by atoms with van der Waals surface area (Å²) in [6.45, 7) is 3.57. The van der Waals surface area contributed by atoms with Gasteiger partial charge in [0.05, 0.1) is 27.3 Å². The van der Waals surface area contributed by atoms with E-state index in [0.717, 1.165) is 27.6 Å². The number of rotatable bonds is 7. The van der Waals surface area contributed by atoms with Gasteiger partial charge in [-0.1, -0.05) is 41.9 Å². The van der Waals surface area contributed by atoms with Crippen molar-refractivity contribution >= 4 is 32.3 Å². The van der Waals surface area contributed by atoms with Crippen molar-refractivity contribution in [3.05, 3.63) is 83.5 Å². The second kappa shape index (κ2) is 9.51. The minimum atomic E-state index is -3.51. The molecule has 3 aromatic carbocycles. The molecule has 1 unspecified atom stereocenters. The maximum absolute atomic E-state index is 12.6. The van der Waals surface area contributed by atoms with E-state index in [4.69, 9.17) is 16.3 Å². The van der Waals surface area contributed by atoms with Crippen molar-refractivity contribution in [2.45, 2.75) is 31.3 Å². The molecule has 33 heavy (non-hydrogen) atoms. The van der Waals surface area contributed by atoms with E-state index in [1.54, 1.807) is 25.3 Å². The normalized spacial score (nSPS) is 12.6. The molecule has 0 saturated carbocycles. The number of hydrogen-bond donors (Lipinski definition) is 1. The lowest BCUT2D eigenvalue weighted by Gasteiger charge is -2.13. The first-order valence-corrected chi connectivity index (χ1v) is 12.6. The van der Waals surface area contributed by atoms with E-state index in [1.165, 1.54) is 12.1 Å². The van der Waals surface area contributed by atoms with Gasteiger partial charge < -0.3 is 9.84 Å². The third-order valence-corrected chi connectivity index (χ3v) is 7.42. The molecule has 5 nitrogen and oxygen atoms in total. The topological polar surface area (TPSA) is 76.5 Å². The lowest BCUT2D eigenvalue weighted by molar-refractivity contribution is 0.191. The zero-order valence-corrected chi connectivity index (χ0v) is 19.9. The Hall–Kier alpha value is -2.93. The zero-order valence-electron chi connectivity index (χ0n) is 18.3. The van der Waals surface area contributed by atoms with E-state index in [-0.39, 0.29) is 17.1 Å². The largest absolute Gasteiger partial charge is 0.457 e. The standard InChI is InChI=1S/C26H24ClNO4S/c1-17-16-28-26-23(10-5-11-24(26)27)25(17)19-6-3-7-20(14-19)32-21-8-4-9-22(15-21)33(30,31)13-12-18(2)29/h3-11,14-16,18,29H,12-13H2,1-2H3. The third-order valence-electron chi connectivity index (χ3n) is 5.37. The molecular weight excluding hydrogens is 458 g/mol. The summed E-state index contributed by atoms with van der Waals surface area (Å²) in [5, 5.41) is 11.0.